The average molecular weight is 240 g/mol. The maximum atomic E-state index is 11.5. The molecule has 1 aliphatic heterocycles. The first kappa shape index (κ1) is 13.4. The second-order valence-electron chi connectivity index (χ2n) is 3.75. The third-order valence-corrected chi connectivity index (χ3v) is 2.51. The number of rotatable bonds is 5. The summed E-state index contributed by atoms with van der Waals surface area (Å²) in [5, 5.41) is 2.82. The van der Waals surface area contributed by atoms with E-state index in [-0.39, 0.29) is 37.0 Å². The molecular weight excluding hydrogens is 224 g/mol. The Labute approximate surface area is 99.6 Å². The molecule has 17 heavy (non-hydrogen) atoms. The van der Waals surface area contributed by atoms with Crippen molar-refractivity contribution in [2.75, 3.05) is 20.2 Å². The largest absolute Gasteiger partial charge is 0.463 e. The minimum absolute atomic E-state index is 0.117. The molecular formula is C11H16N2O4. The van der Waals surface area contributed by atoms with Crippen molar-refractivity contribution in [2.45, 2.75) is 19.4 Å². The van der Waals surface area contributed by atoms with E-state index in [9.17, 15) is 14.4 Å². The van der Waals surface area contributed by atoms with Crippen molar-refractivity contribution in [1.82, 2.24) is 10.2 Å². The number of hydrogen-bond donors (Lipinski definition) is 1. The third kappa shape index (κ3) is 3.13. The lowest BCUT2D eigenvalue weighted by atomic mass is 10.2. The normalized spacial score (nSPS) is 19.6. The first-order valence-electron chi connectivity index (χ1n) is 5.36. The SMILES string of the molecule is C=C(CNC1CC(=O)N(C)C1=O)C(=O)OCC. The molecule has 0 aromatic rings. The van der Waals surface area contributed by atoms with Crippen LogP contribution >= 0.6 is 0 Å². The molecule has 1 aliphatic rings. The van der Waals surface area contributed by atoms with E-state index < -0.39 is 12.0 Å². The van der Waals surface area contributed by atoms with Crippen LogP contribution in [0.25, 0.3) is 0 Å². The maximum Gasteiger partial charge on any atom is 0.334 e. The van der Waals surface area contributed by atoms with Gasteiger partial charge < -0.3 is 10.1 Å². The number of likely N-dealkylation sites (N-methyl/N-ethyl adjacent to an activating group) is 1. The maximum absolute atomic E-state index is 11.5. The summed E-state index contributed by atoms with van der Waals surface area (Å²) in [5.74, 6) is -1.01. The van der Waals surface area contributed by atoms with E-state index in [0.717, 1.165) is 4.90 Å². The third-order valence-electron chi connectivity index (χ3n) is 2.51. The second-order valence-corrected chi connectivity index (χ2v) is 3.75. The molecule has 1 atom stereocenters. The predicted molar refractivity (Wildman–Crippen MR) is 60.0 cm³/mol. The zero-order valence-corrected chi connectivity index (χ0v) is 9.99. The monoisotopic (exact) mass is 240 g/mol. The molecule has 1 N–H and O–H groups in total. The Hall–Kier alpha value is -1.69. The van der Waals surface area contributed by atoms with Crippen molar-refractivity contribution in [3.63, 3.8) is 0 Å². The van der Waals surface area contributed by atoms with E-state index in [1.165, 1.54) is 7.05 Å². The summed E-state index contributed by atoms with van der Waals surface area (Å²) in [5.41, 5.74) is 0.238. The summed E-state index contributed by atoms with van der Waals surface area (Å²) < 4.78 is 4.75. The van der Waals surface area contributed by atoms with E-state index in [1.54, 1.807) is 6.92 Å². The fourth-order valence-corrected chi connectivity index (χ4v) is 1.47. The molecule has 1 heterocycles. The van der Waals surface area contributed by atoms with Crippen LogP contribution in [0, 0.1) is 0 Å². The van der Waals surface area contributed by atoms with Gasteiger partial charge in [-0.1, -0.05) is 6.58 Å². The summed E-state index contributed by atoms with van der Waals surface area (Å²) in [4.78, 5) is 35.1. The van der Waals surface area contributed by atoms with Gasteiger partial charge in [0.25, 0.3) is 0 Å². The molecule has 0 spiro atoms. The number of likely N-dealkylation sites (tertiary alicyclic amines) is 1. The van der Waals surface area contributed by atoms with Crippen LogP contribution in [0.1, 0.15) is 13.3 Å². The summed E-state index contributed by atoms with van der Waals surface area (Å²) in [6.45, 7) is 5.67. The quantitative estimate of drug-likeness (QED) is 0.396. The van der Waals surface area contributed by atoms with Gasteiger partial charge in [-0.3, -0.25) is 14.5 Å². The Kier molecular flexibility index (Phi) is 4.39. The molecule has 0 aromatic heterocycles. The van der Waals surface area contributed by atoms with Gasteiger partial charge in [0.05, 0.1) is 19.1 Å². The van der Waals surface area contributed by atoms with Gasteiger partial charge in [-0.05, 0) is 6.92 Å². The lowest BCUT2D eigenvalue weighted by Gasteiger charge is -2.11. The fourth-order valence-electron chi connectivity index (χ4n) is 1.47. The Balaban J connectivity index is 2.42. The number of amides is 2. The van der Waals surface area contributed by atoms with Crippen LogP contribution in [0.15, 0.2) is 12.2 Å². The van der Waals surface area contributed by atoms with Crippen LogP contribution in [-0.4, -0.2) is 48.9 Å². The Morgan fingerprint density at radius 1 is 1.59 bits per heavy atom. The Morgan fingerprint density at radius 2 is 2.24 bits per heavy atom. The molecule has 0 radical (unpaired) electrons. The fraction of sp³-hybridized carbons (Fsp3) is 0.545. The van der Waals surface area contributed by atoms with Crippen molar-refractivity contribution in [3.8, 4) is 0 Å². The summed E-state index contributed by atoms with van der Waals surface area (Å²) >= 11 is 0. The number of nitrogens with one attached hydrogen (secondary N) is 1. The summed E-state index contributed by atoms with van der Waals surface area (Å²) in [6.07, 6.45) is 0.117. The molecule has 0 bridgehead atoms. The predicted octanol–water partition coefficient (Wildman–Crippen LogP) is -0.547. The van der Waals surface area contributed by atoms with Gasteiger partial charge >= 0.3 is 5.97 Å². The number of ether oxygens (including phenoxy) is 1. The van der Waals surface area contributed by atoms with E-state index in [2.05, 4.69) is 11.9 Å². The van der Waals surface area contributed by atoms with Gasteiger partial charge in [-0.25, -0.2) is 4.79 Å². The lowest BCUT2D eigenvalue weighted by Crippen LogP contribution is -2.38. The zero-order valence-electron chi connectivity index (χ0n) is 9.99. The van der Waals surface area contributed by atoms with E-state index in [0.29, 0.717) is 0 Å². The van der Waals surface area contributed by atoms with E-state index in [4.69, 9.17) is 4.74 Å². The standard InChI is InChI=1S/C11H16N2O4/c1-4-17-11(16)7(2)6-12-8-5-9(14)13(3)10(8)15/h8,12H,2,4-6H2,1,3H3. The second kappa shape index (κ2) is 5.58. The van der Waals surface area contributed by atoms with Crippen LogP contribution in [0.3, 0.4) is 0 Å². The van der Waals surface area contributed by atoms with Crippen LogP contribution in [-0.2, 0) is 19.1 Å². The molecule has 0 aliphatic carbocycles. The molecule has 0 aromatic carbocycles. The summed E-state index contributed by atoms with van der Waals surface area (Å²) in [6, 6.07) is -0.571. The van der Waals surface area contributed by atoms with E-state index in [1.807, 2.05) is 0 Å². The van der Waals surface area contributed by atoms with Crippen LogP contribution in [0.5, 0.6) is 0 Å². The smallest absolute Gasteiger partial charge is 0.334 e. The van der Waals surface area contributed by atoms with E-state index >= 15 is 0 Å². The molecule has 1 saturated heterocycles. The van der Waals surface area contributed by atoms with Gasteiger partial charge in [0.1, 0.15) is 0 Å². The van der Waals surface area contributed by atoms with Crippen molar-refractivity contribution >= 4 is 17.8 Å². The molecule has 6 nitrogen and oxygen atoms in total. The van der Waals surface area contributed by atoms with Gasteiger partial charge in [0.15, 0.2) is 0 Å². The zero-order chi connectivity index (χ0) is 13.0. The van der Waals surface area contributed by atoms with Gasteiger partial charge in [0.2, 0.25) is 11.8 Å². The molecule has 1 rings (SSSR count). The molecule has 0 saturated carbocycles. The highest BCUT2D eigenvalue weighted by molar-refractivity contribution is 6.05. The van der Waals surface area contributed by atoms with Gasteiger partial charge in [-0.15, -0.1) is 0 Å². The minimum atomic E-state index is -0.571. The first-order valence-corrected chi connectivity index (χ1v) is 5.36. The number of esters is 1. The molecule has 94 valence electrons. The topological polar surface area (TPSA) is 75.7 Å². The van der Waals surface area contributed by atoms with Crippen LogP contribution < -0.4 is 5.32 Å². The molecule has 6 heteroatoms. The highest BCUT2D eigenvalue weighted by atomic mass is 16.5. The number of hydrogen-bond acceptors (Lipinski definition) is 5. The number of carbonyl (C=O) groups excluding carboxylic acids is 3. The molecule has 2 amide bonds. The first-order chi connectivity index (χ1) is 7.97. The van der Waals surface area contributed by atoms with Crippen molar-refractivity contribution in [2.24, 2.45) is 0 Å². The molecule has 1 unspecified atom stereocenters. The number of carbonyl (C=O) groups is 3. The Morgan fingerprint density at radius 3 is 2.71 bits per heavy atom. The van der Waals surface area contributed by atoms with Crippen molar-refractivity contribution < 1.29 is 19.1 Å². The van der Waals surface area contributed by atoms with Crippen LogP contribution in [0.2, 0.25) is 0 Å². The van der Waals surface area contributed by atoms with Gasteiger partial charge in [0, 0.05) is 19.2 Å². The molecule has 1 fully saturated rings. The lowest BCUT2D eigenvalue weighted by molar-refractivity contribution is -0.139. The van der Waals surface area contributed by atoms with Crippen LogP contribution in [0.4, 0.5) is 0 Å². The summed E-state index contributed by atoms with van der Waals surface area (Å²) in [7, 11) is 1.44. The highest BCUT2D eigenvalue weighted by Gasteiger charge is 2.35. The van der Waals surface area contributed by atoms with Gasteiger partial charge in [-0.2, -0.15) is 0 Å². The average Bonchev–Trinajstić information content (AvgIpc) is 2.54. The van der Waals surface area contributed by atoms with Crippen molar-refractivity contribution in [3.05, 3.63) is 12.2 Å². The highest BCUT2D eigenvalue weighted by Crippen LogP contribution is 2.10. The minimum Gasteiger partial charge on any atom is -0.463 e. The number of nitrogens with zero attached hydrogens (tertiary/aromatic N) is 1. The number of imide groups is 1. The van der Waals surface area contributed by atoms with Crippen molar-refractivity contribution in [1.29, 1.82) is 0 Å². The Bertz CT molecular complexity index is 364.